The second-order valence-corrected chi connectivity index (χ2v) is 4.59. The van der Waals surface area contributed by atoms with Crippen LogP contribution in [-0.4, -0.2) is 25.3 Å². The van der Waals surface area contributed by atoms with E-state index in [4.69, 9.17) is 4.74 Å². The smallest absolute Gasteiger partial charge is 0.344 e. The summed E-state index contributed by atoms with van der Waals surface area (Å²) < 4.78 is 75.4. The summed E-state index contributed by atoms with van der Waals surface area (Å²) in [5.41, 5.74) is -1.61. The fourth-order valence-electron chi connectivity index (χ4n) is 1.56. The van der Waals surface area contributed by atoms with Crippen molar-refractivity contribution >= 4 is 5.97 Å². The van der Waals surface area contributed by atoms with Gasteiger partial charge in [-0.05, 0) is 13.3 Å². The maximum atomic E-state index is 13.4. The lowest BCUT2D eigenvalue weighted by atomic mass is 10.1. The van der Waals surface area contributed by atoms with Gasteiger partial charge in [0.2, 0.25) is 5.82 Å². The maximum absolute atomic E-state index is 13.4. The van der Waals surface area contributed by atoms with Gasteiger partial charge < -0.3 is 9.47 Å². The van der Waals surface area contributed by atoms with Gasteiger partial charge >= 0.3 is 5.97 Å². The van der Waals surface area contributed by atoms with Crippen LogP contribution in [0.2, 0.25) is 0 Å². The fraction of sp³-hybridized carbons (Fsp3) is 0.500. The molecule has 0 fully saturated rings. The van der Waals surface area contributed by atoms with Crippen molar-refractivity contribution < 1.29 is 36.2 Å². The van der Waals surface area contributed by atoms with Crippen LogP contribution in [-0.2, 0) is 9.47 Å². The molecule has 0 aliphatic carbocycles. The minimum Gasteiger partial charge on any atom is -0.456 e. The lowest BCUT2D eigenvalue weighted by molar-refractivity contribution is 0.000713. The lowest BCUT2D eigenvalue weighted by Crippen LogP contribution is -2.23. The first kappa shape index (κ1) is 18.3. The molecule has 0 aliphatic rings. The van der Waals surface area contributed by atoms with Crippen LogP contribution in [0.25, 0.3) is 0 Å². The highest BCUT2D eigenvalue weighted by Crippen LogP contribution is 2.23. The molecule has 1 aromatic rings. The topological polar surface area (TPSA) is 35.5 Å². The van der Waals surface area contributed by atoms with E-state index in [-0.39, 0.29) is 6.61 Å². The van der Waals surface area contributed by atoms with Crippen LogP contribution in [0.3, 0.4) is 0 Å². The molecule has 0 aromatic heterocycles. The quantitative estimate of drug-likeness (QED) is 0.252. The van der Waals surface area contributed by atoms with E-state index in [1.807, 2.05) is 6.92 Å². The molecule has 0 radical (unpaired) electrons. The highest BCUT2D eigenvalue weighted by atomic mass is 19.2. The molecule has 0 saturated carbocycles. The van der Waals surface area contributed by atoms with Crippen LogP contribution in [0.1, 0.15) is 37.0 Å². The fourth-order valence-corrected chi connectivity index (χ4v) is 1.56. The van der Waals surface area contributed by atoms with Crippen molar-refractivity contribution in [1.82, 2.24) is 0 Å². The van der Waals surface area contributed by atoms with Gasteiger partial charge in [0, 0.05) is 6.61 Å². The van der Waals surface area contributed by atoms with Crippen LogP contribution in [0.5, 0.6) is 0 Å². The number of halogens is 5. The van der Waals surface area contributed by atoms with Crippen molar-refractivity contribution in [2.75, 3.05) is 13.2 Å². The standard InChI is InChI=1S/C14H15F5O3/c1-3-4-5-21-6-7(2)22-14(20)8-9(15)11(17)13(19)12(18)10(8)16/h7H,3-6H2,1-2H3. The van der Waals surface area contributed by atoms with Crippen molar-refractivity contribution in [3.8, 4) is 0 Å². The van der Waals surface area contributed by atoms with E-state index in [0.717, 1.165) is 12.8 Å². The molecule has 22 heavy (non-hydrogen) atoms. The van der Waals surface area contributed by atoms with Gasteiger partial charge in [-0.2, -0.15) is 0 Å². The van der Waals surface area contributed by atoms with Gasteiger partial charge in [-0.3, -0.25) is 0 Å². The first-order valence-corrected chi connectivity index (χ1v) is 6.61. The minimum absolute atomic E-state index is 0.0544. The zero-order chi connectivity index (χ0) is 16.9. The summed E-state index contributed by atoms with van der Waals surface area (Å²) >= 11 is 0. The number of ether oxygens (including phenoxy) is 2. The molecule has 0 aliphatic heterocycles. The monoisotopic (exact) mass is 326 g/mol. The molecule has 0 heterocycles. The number of hydrogen-bond acceptors (Lipinski definition) is 3. The van der Waals surface area contributed by atoms with Gasteiger partial charge in [0.25, 0.3) is 0 Å². The third-order valence-electron chi connectivity index (χ3n) is 2.72. The number of carbonyl (C=O) groups excluding carboxylic acids is 1. The van der Waals surface area contributed by atoms with Crippen molar-refractivity contribution in [1.29, 1.82) is 0 Å². The Hall–Kier alpha value is -1.70. The summed E-state index contributed by atoms with van der Waals surface area (Å²) in [6, 6.07) is 0. The molecule has 0 bridgehead atoms. The molecule has 1 atom stereocenters. The molecule has 124 valence electrons. The van der Waals surface area contributed by atoms with Crippen molar-refractivity contribution in [3.05, 3.63) is 34.6 Å². The number of carbonyl (C=O) groups is 1. The maximum Gasteiger partial charge on any atom is 0.344 e. The molecular formula is C14H15F5O3. The van der Waals surface area contributed by atoms with Crippen LogP contribution in [0, 0.1) is 29.1 Å². The Morgan fingerprint density at radius 3 is 2.00 bits per heavy atom. The van der Waals surface area contributed by atoms with E-state index < -0.39 is 46.7 Å². The molecule has 0 amide bonds. The van der Waals surface area contributed by atoms with Crippen molar-refractivity contribution in [3.63, 3.8) is 0 Å². The first-order chi connectivity index (χ1) is 10.3. The Morgan fingerprint density at radius 2 is 1.50 bits per heavy atom. The predicted molar refractivity (Wildman–Crippen MR) is 66.8 cm³/mol. The normalized spacial score (nSPS) is 12.3. The molecule has 1 rings (SSSR count). The van der Waals surface area contributed by atoms with Crippen LogP contribution in [0.4, 0.5) is 22.0 Å². The molecule has 0 N–H and O–H groups in total. The number of hydrogen-bond donors (Lipinski definition) is 0. The van der Waals surface area contributed by atoms with Gasteiger partial charge in [0.15, 0.2) is 23.3 Å². The summed E-state index contributed by atoms with van der Waals surface area (Å²) in [6.45, 7) is 3.66. The highest BCUT2D eigenvalue weighted by Gasteiger charge is 2.31. The van der Waals surface area contributed by atoms with Crippen LogP contribution >= 0.6 is 0 Å². The molecule has 8 heteroatoms. The SMILES string of the molecule is CCCCOCC(C)OC(=O)c1c(F)c(F)c(F)c(F)c1F. The van der Waals surface area contributed by atoms with Crippen molar-refractivity contribution in [2.45, 2.75) is 32.8 Å². The van der Waals surface area contributed by atoms with E-state index >= 15 is 0 Å². The van der Waals surface area contributed by atoms with Crippen LogP contribution in [0.15, 0.2) is 0 Å². The van der Waals surface area contributed by atoms with E-state index in [0.29, 0.717) is 6.61 Å². The molecule has 3 nitrogen and oxygen atoms in total. The van der Waals surface area contributed by atoms with Crippen LogP contribution < -0.4 is 0 Å². The molecule has 1 aromatic carbocycles. The summed E-state index contributed by atoms with van der Waals surface area (Å²) in [5, 5.41) is 0. The highest BCUT2D eigenvalue weighted by molar-refractivity contribution is 5.90. The molecular weight excluding hydrogens is 311 g/mol. The zero-order valence-corrected chi connectivity index (χ0v) is 12.0. The zero-order valence-electron chi connectivity index (χ0n) is 12.0. The Kier molecular flexibility index (Phi) is 6.73. The first-order valence-electron chi connectivity index (χ1n) is 6.61. The van der Waals surface area contributed by atoms with Gasteiger partial charge in [0.1, 0.15) is 11.7 Å². The Labute approximate surface area is 124 Å². The summed E-state index contributed by atoms with van der Waals surface area (Å²) in [4.78, 5) is 11.6. The van der Waals surface area contributed by atoms with Gasteiger partial charge in [-0.25, -0.2) is 26.7 Å². The Balaban J connectivity index is 2.82. The molecule has 0 spiro atoms. The van der Waals surface area contributed by atoms with Gasteiger partial charge in [0.05, 0.1) is 6.61 Å². The Bertz CT molecular complexity index is 519. The third kappa shape index (κ3) is 4.16. The summed E-state index contributed by atoms with van der Waals surface area (Å²) in [6.07, 6.45) is 0.760. The largest absolute Gasteiger partial charge is 0.456 e. The number of benzene rings is 1. The average Bonchev–Trinajstić information content (AvgIpc) is 2.47. The second-order valence-electron chi connectivity index (χ2n) is 4.59. The van der Waals surface area contributed by atoms with Gasteiger partial charge in [-0.15, -0.1) is 0 Å². The number of rotatable bonds is 7. The van der Waals surface area contributed by atoms with E-state index in [2.05, 4.69) is 4.74 Å². The molecule has 1 unspecified atom stereocenters. The number of unbranched alkanes of at least 4 members (excludes halogenated alkanes) is 1. The van der Waals surface area contributed by atoms with E-state index in [1.54, 1.807) is 0 Å². The van der Waals surface area contributed by atoms with E-state index in [9.17, 15) is 26.7 Å². The van der Waals surface area contributed by atoms with E-state index in [1.165, 1.54) is 6.92 Å². The van der Waals surface area contributed by atoms with Crippen molar-refractivity contribution in [2.24, 2.45) is 0 Å². The summed E-state index contributed by atoms with van der Waals surface area (Å²) in [5.74, 6) is -12.8. The third-order valence-corrected chi connectivity index (χ3v) is 2.72. The van der Waals surface area contributed by atoms with Gasteiger partial charge in [-0.1, -0.05) is 13.3 Å². The Morgan fingerprint density at radius 1 is 1.00 bits per heavy atom. The average molecular weight is 326 g/mol. The molecule has 0 saturated heterocycles. The number of esters is 1. The lowest BCUT2D eigenvalue weighted by Gasteiger charge is -2.14. The summed E-state index contributed by atoms with van der Waals surface area (Å²) in [7, 11) is 0. The second kappa shape index (κ2) is 8.07. The predicted octanol–water partition coefficient (Wildman–Crippen LogP) is 3.74. The minimum atomic E-state index is -2.33.